The van der Waals surface area contributed by atoms with E-state index < -0.39 is 17.7 Å². The van der Waals surface area contributed by atoms with Crippen LogP contribution in [0.2, 0.25) is 0 Å². The van der Waals surface area contributed by atoms with Crippen molar-refractivity contribution >= 4 is 15.9 Å². The molecule has 0 aliphatic carbocycles. The summed E-state index contributed by atoms with van der Waals surface area (Å²) < 4.78 is 32.5. The van der Waals surface area contributed by atoms with E-state index >= 15 is 0 Å². The van der Waals surface area contributed by atoms with Crippen LogP contribution >= 0.6 is 15.9 Å². The molecule has 0 fully saturated rings. The number of halogens is 3. The van der Waals surface area contributed by atoms with Crippen LogP contribution in [0.1, 0.15) is 24.2 Å². The summed E-state index contributed by atoms with van der Waals surface area (Å²) in [4.78, 5) is 0. The van der Waals surface area contributed by atoms with Gasteiger partial charge in [-0.2, -0.15) is 0 Å². The average molecular weight is 357 g/mol. The smallest absolute Gasteiger partial charge is 0.129 e. The molecule has 0 saturated heterocycles. The minimum absolute atomic E-state index is 0.0681. The zero-order valence-corrected chi connectivity index (χ0v) is 13.0. The third kappa shape index (κ3) is 4.02. The van der Waals surface area contributed by atoms with Gasteiger partial charge in [0.2, 0.25) is 0 Å². The van der Waals surface area contributed by atoms with Crippen molar-refractivity contribution in [3.05, 3.63) is 63.6 Å². The van der Waals surface area contributed by atoms with Gasteiger partial charge in [-0.25, -0.2) is 8.78 Å². The lowest BCUT2D eigenvalue weighted by Crippen LogP contribution is -2.05. The molecule has 2 rings (SSSR count). The van der Waals surface area contributed by atoms with E-state index in [0.29, 0.717) is 22.4 Å². The number of hydrogen-bond acceptors (Lipinski definition) is 2. The molecule has 0 spiro atoms. The van der Waals surface area contributed by atoms with Gasteiger partial charge in [0.05, 0.1) is 12.7 Å². The fourth-order valence-electron chi connectivity index (χ4n) is 2.04. The Bertz CT molecular complexity index is 632. The Morgan fingerprint density at radius 3 is 2.57 bits per heavy atom. The SMILES string of the molecule is CCOc1ccc(C(O)Cc2ccc(F)cc2F)c(Br)c1. The zero-order chi connectivity index (χ0) is 15.4. The molecule has 0 amide bonds. The van der Waals surface area contributed by atoms with Gasteiger partial charge in [-0.1, -0.05) is 28.1 Å². The van der Waals surface area contributed by atoms with Gasteiger partial charge in [0, 0.05) is 17.0 Å². The lowest BCUT2D eigenvalue weighted by molar-refractivity contribution is 0.176. The summed E-state index contributed by atoms with van der Waals surface area (Å²) in [6, 6.07) is 8.56. The molecule has 0 aliphatic rings. The Kier molecular flexibility index (Phi) is 5.31. The average Bonchev–Trinajstić information content (AvgIpc) is 2.42. The van der Waals surface area contributed by atoms with E-state index in [9.17, 15) is 13.9 Å². The molecule has 2 aromatic carbocycles. The number of hydrogen-bond donors (Lipinski definition) is 1. The molecule has 0 aliphatic heterocycles. The summed E-state index contributed by atoms with van der Waals surface area (Å²) in [6.07, 6.45) is -0.825. The number of ether oxygens (including phenoxy) is 1. The van der Waals surface area contributed by atoms with Crippen LogP contribution in [-0.4, -0.2) is 11.7 Å². The second-order valence-electron chi connectivity index (χ2n) is 4.57. The van der Waals surface area contributed by atoms with Crippen LogP contribution in [0.5, 0.6) is 5.75 Å². The topological polar surface area (TPSA) is 29.5 Å². The van der Waals surface area contributed by atoms with Crippen molar-refractivity contribution in [1.29, 1.82) is 0 Å². The number of benzene rings is 2. The third-order valence-corrected chi connectivity index (χ3v) is 3.76. The number of aliphatic hydroxyl groups excluding tert-OH is 1. The molecule has 21 heavy (non-hydrogen) atoms. The fourth-order valence-corrected chi connectivity index (χ4v) is 2.66. The van der Waals surface area contributed by atoms with Crippen molar-refractivity contribution in [3.8, 4) is 5.75 Å². The van der Waals surface area contributed by atoms with Gasteiger partial charge in [-0.3, -0.25) is 0 Å². The van der Waals surface area contributed by atoms with Crippen LogP contribution < -0.4 is 4.74 Å². The highest BCUT2D eigenvalue weighted by molar-refractivity contribution is 9.10. The predicted molar refractivity (Wildman–Crippen MR) is 80.3 cm³/mol. The normalized spacial score (nSPS) is 12.2. The van der Waals surface area contributed by atoms with Gasteiger partial charge < -0.3 is 9.84 Å². The van der Waals surface area contributed by atoms with Crippen LogP contribution in [-0.2, 0) is 6.42 Å². The Morgan fingerprint density at radius 1 is 1.19 bits per heavy atom. The quantitative estimate of drug-likeness (QED) is 0.860. The maximum atomic E-state index is 13.6. The molecule has 0 radical (unpaired) electrons. The summed E-state index contributed by atoms with van der Waals surface area (Å²) in [5.41, 5.74) is 0.895. The van der Waals surface area contributed by atoms with Crippen LogP contribution in [0.4, 0.5) is 8.78 Å². The summed E-state index contributed by atoms with van der Waals surface area (Å²) in [7, 11) is 0. The standard InChI is InChI=1S/C16H15BrF2O2/c1-2-21-12-5-6-13(14(17)9-12)16(20)7-10-3-4-11(18)8-15(10)19/h3-6,8-9,16,20H,2,7H2,1H3. The highest BCUT2D eigenvalue weighted by Gasteiger charge is 2.15. The molecule has 1 N–H and O–H groups in total. The Morgan fingerprint density at radius 2 is 1.95 bits per heavy atom. The molecule has 0 bridgehead atoms. The van der Waals surface area contributed by atoms with Gasteiger partial charge in [-0.15, -0.1) is 0 Å². The Hall–Kier alpha value is -1.46. The van der Waals surface area contributed by atoms with E-state index in [1.165, 1.54) is 12.1 Å². The minimum Gasteiger partial charge on any atom is -0.494 e. The van der Waals surface area contributed by atoms with Crippen molar-refractivity contribution in [2.45, 2.75) is 19.4 Å². The zero-order valence-electron chi connectivity index (χ0n) is 11.4. The predicted octanol–water partition coefficient (Wildman–Crippen LogP) is 4.40. The van der Waals surface area contributed by atoms with Gasteiger partial charge in [0.1, 0.15) is 17.4 Å². The number of aliphatic hydroxyl groups is 1. The first kappa shape index (κ1) is 15.9. The lowest BCUT2D eigenvalue weighted by atomic mass is 10.0. The van der Waals surface area contributed by atoms with Crippen LogP contribution in [0.3, 0.4) is 0 Å². The van der Waals surface area contributed by atoms with Crippen molar-refractivity contribution in [2.75, 3.05) is 6.61 Å². The summed E-state index contributed by atoms with van der Waals surface area (Å²) in [6.45, 7) is 2.43. The van der Waals surface area contributed by atoms with Crippen molar-refractivity contribution in [2.24, 2.45) is 0 Å². The largest absolute Gasteiger partial charge is 0.494 e. The van der Waals surface area contributed by atoms with Crippen molar-refractivity contribution in [3.63, 3.8) is 0 Å². The van der Waals surface area contributed by atoms with Crippen molar-refractivity contribution < 1.29 is 18.6 Å². The molecule has 1 atom stereocenters. The van der Waals surface area contributed by atoms with E-state index in [1.54, 1.807) is 18.2 Å². The summed E-state index contributed by atoms with van der Waals surface area (Å²) in [5.74, 6) is -0.600. The Balaban J connectivity index is 2.18. The van der Waals surface area contributed by atoms with Crippen molar-refractivity contribution in [1.82, 2.24) is 0 Å². The highest BCUT2D eigenvalue weighted by Crippen LogP contribution is 2.30. The van der Waals surface area contributed by atoms with E-state index in [4.69, 9.17) is 4.74 Å². The molecular weight excluding hydrogens is 342 g/mol. The lowest BCUT2D eigenvalue weighted by Gasteiger charge is -2.14. The summed E-state index contributed by atoms with van der Waals surface area (Å²) in [5, 5.41) is 10.2. The van der Waals surface area contributed by atoms with Gasteiger partial charge >= 0.3 is 0 Å². The van der Waals surface area contributed by atoms with Crippen LogP contribution in [0.15, 0.2) is 40.9 Å². The molecule has 0 aromatic heterocycles. The van der Waals surface area contributed by atoms with E-state index in [1.807, 2.05) is 6.92 Å². The maximum absolute atomic E-state index is 13.6. The monoisotopic (exact) mass is 356 g/mol. The maximum Gasteiger partial charge on any atom is 0.129 e. The third-order valence-electron chi connectivity index (χ3n) is 3.07. The molecule has 0 heterocycles. The molecule has 0 saturated carbocycles. The highest BCUT2D eigenvalue weighted by atomic mass is 79.9. The number of rotatable bonds is 5. The van der Waals surface area contributed by atoms with Gasteiger partial charge in [-0.05, 0) is 36.2 Å². The first-order valence-corrected chi connectivity index (χ1v) is 7.34. The molecule has 2 aromatic rings. The van der Waals surface area contributed by atoms with Gasteiger partial charge in [0.15, 0.2) is 0 Å². The second-order valence-corrected chi connectivity index (χ2v) is 5.43. The molecule has 1 unspecified atom stereocenters. The van der Waals surface area contributed by atoms with E-state index in [2.05, 4.69) is 15.9 Å². The van der Waals surface area contributed by atoms with E-state index in [-0.39, 0.29) is 12.0 Å². The van der Waals surface area contributed by atoms with Crippen LogP contribution in [0, 0.1) is 11.6 Å². The first-order chi connectivity index (χ1) is 10.0. The van der Waals surface area contributed by atoms with E-state index in [0.717, 1.165) is 6.07 Å². The minimum atomic E-state index is -0.894. The molecule has 2 nitrogen and oxygen atoms in total. The molecular formula is C16H15BrF2O2. The molecule has 5 heteroatoms. The van der Waals surface area contributed by atoms with Crippen LogP contribution in [0.25, 0.3) is 0 Å². The van der Waals surface area contributed by atoms with Gasteiger partial charge in [0.25, 0.3) is 0 Å². The summed E-state index contributed by atoms with van der Waals surface area (Å²) >= 11 is 3.37. The fraction of sp³-hybridized carbons (Fsp3) is 0.250. The molecule has 112 valence electrons. The first-order valence-electron chi connectivity index (χ1n) is 6.55. The second kappa shape index (κ2) is 7.00. The Labute approximate surface area is 130 Å².